The summed E-state index contributed by atoms with van der Waals surface area (Å²) in [5.74, 6) is -0.522. The summed E-state index contributed by atoms with van der Waals surface area (Å²) in [5.41, 5.74) is 1.86. The van der Waals surface area contributed by atoms with E-state index in [0.29, 0.717) is 32.9 Å². The maximum Gasteiger partial charge on any atom is 0.328 e. The largest absolute Gasteiger partial charge is 0.487 e. The zero-order valence-corrected chi connectivity index (χ0v) is 17.8. The van der Waals surface area contributed by atoms with Gasteiger partial charge in [0.2, 0.25) is 0 Å². The fourth-order valence-corrected chi connectivity index (χ4v) is 4.07. The van der Waals surface area contributed by atoms with Gasteiger partial charge >= 0.3 is 5.97 Å². The molecule has 1 heterocycles. The van der Waals surface area contributed by atoms with Crippen molar-refractivity contribution in [2.45, 2.75) is 17.3 Å². The van der Waals surface area contributed by atoms with E-state index < -0.39 is 5.97 Å². The molecule has 0 bridgehead atoms. The fraction of sp³-hybridized carbons (Fsp3) is 0.0909. The van der Waals surface area contributed by atoms with Gasteiger partial charge in [-0.15, -0.1) is 11.8 Å². The number of hydrogen-bond acceptors (Lipinski definition) is 4. The molecule has 0 aliphatic rings. The lowest BCUT2D eigenvalue weighted by Gasteiger charge is -2.11. The minimum Gasteiger partial charge on any atom is -0.487 e. The van der Waals surface area contributed by atoms with Gasteiger partial charge in [-0.2, -0.15) is 0 Å². The van der Waals surface area contributed by atoms with Crippen molar-refractivity contribution >= 4 is 47.0 Å². The van der Waals surface area contributed by atoms with Gasteiger partial charge in [-0.25, -0.2) is 14.2 Å². The molecule has 0 aliphatic heterocycles. The van der Waals surface area contributed by atoms with Crippen molar-refractivity contribution in [1.29, 1.82) is 0 Å². The average molecular weight is 464 g/mol. The van der Waals surface area contributed by atoms with Crippen LogP contribution in [0.2, 0.25) is 10.0 Å². The van der Waals surface area contributed by atoms with Crippen LogP contribution in [0.3, 0.4) is 0 Å². The Balaban J connectivity index is 1.78. The Morgan fingerprint density at radius 1 is 1.10 bits per heavy atom. The Labute approximate surface area is 187 Å². The van der Waals surface area contributed by atoms with Crippen molar-refractivity contribution < 1.29 is 19.0 Å². The molecule has 3 aromatic rings. The van der Waals surface area contributed by atoms with E-state index in [1.54, 1.807) is 42.5 Å². The maximum atomic E-state index is 13.0. The first kappa shape index (κ1) is 22.2. The molecule has 30 heavy (non-hydrogen) atoms. The van der Waals surface area contributed by atoms with Crippen molar-refractivity contribution in [1.82, 2.24) is 4.98 Å². The number of ether oxygens (including phenoxy) is 1. The van der Waals surface area contributed by atoms with Crippen molar-refractivity contribution in [3.8, 4) is 5.75 Å². The summed E-state index contributed by atoms with van der Waals surface area (Å²) in [6.07, 6.45) is 2.37. The Hall–Kier alpha value is -2.54. The standard InChI is InChI=1S/C22H16Cl2FNO3S/c23-17-2-1-3-18(24)22(17)30-13-16-8-10-20(19(26-16)9-11-21(27)28)29-12-14-4-6-15(25)7-5-14/h1-11H,12-13H2,(H,27,28)/b11-9+. The van der Waals surface area contributed by atoms with Gasteiger partial charge in [0, 0.05) is 16.7 Å². The number of rotatable bonds is 8. The normalized spacial score (nSPS) is 11.0. The molecule has 8 heteroatoms. The molecule has 0 saturated heterocycles. The van der Waals surface area contributed by atoms with E-state index in [-0.39, 0.29) is 12.4 Å². The first-order chi connectivity index (χ1) is 14.4. The molecule has 154 valence electrons. The van der Waals surface area contributed by atoms with Crippen LogP contribution in [0.15, 0.2) is 65.6 Å². The number of carboxylic acids is 1. The number of halogens is 3. The number of hydrogen-bond donors (Lipinski definition) is 1. The molecule has 0 atom stereocenters. The topological polar surface area (TPSA) is 59.4 Å². The third-order valence-corrected chi connectivity index (χ3v) is 5.94. The predicted molar refractivity (Wildman–Crippen MR) is 118 cm³/mol. The molecule has 3 rings (SSSR count). The summed E-state index contributed by atoms with van der Waals surface area (Å²) in [4.78, 5) is 16.2. The number of carbonyl (C=O) groups is 1. The smallest absolute Gasteiger partial charge is 0.328 e. The van der Waals surface area contributed by atoms with Crippen molar-refractivity contribution in [2.75, 3.05) is 0 Å². The Kier molecular flexibility index (Phi) is 7.74. The molecule has 0 unspecified atom stereocenters. The lowest BCUT2D eigenvalue weighted by Crippen LogP contribution is -2.00. The number of carboxylic acid groups (broad SMARTS) is 1. The SMILES string of the molecule is O=C(O)/C=C/c1nc(CSc2c(Cl)cccc2Cl)ccc1OCc1ccc(F)cc1. The molecule has 0 fully saturated rings. The highest BCUT2D eigenvalue weighted by Gasteiger charge is 2.10. The number of benzene rings is 2. The van der Waals surface area contributed by atoms with Crippen LogP contribution in [-0.2, 0) is 17.2 Å². The van der Waals surface area contributed by atoms with Crippen LogP contribution in [0.4, 0.5) is 4.39 Å². The van der Waals surface area contributed by atoms with Crippen LogP contribution in [0.5, 0.6) is 5.75 Å². The van der Waals surface area contributed by atoms with Crippen LogP contribution in [-0.4, -0.2) is 16.1 Å². The highest BCUT2D eigenvalue weighted by atomic mass is 35.5. The second-order valence-electron chi connectivity index (χ2n) is 6.11. The molecule has 0 spiro atoms. The van der Waals surface area contributed by atoms with Crippen molar-refractivity contribution in [2.24, 2.45) is 0 Å². The highest BCUT2D eigenvalue weighted by molar-refractivity contribution is 7.98. The van der Waals surface area contributed by atoms with Crippen LogP contribution >= 0.6 is 35.0 Å². The average Bonchev–Trinajstić information content (AvgIpc) is 2.72. The van der Waals surface area contributed by atoms with Gasteiger partial charge in [0.25, 0.3) is 0 Å². The van der Waals surface area contributed by atoms with Gasteiger partial charge in [0.05, 0.1) is 15.7 Å². The number of pyridine rings is 1. The third kappa shape index (κ3) is 6.23. The van der Waals surface area contributed by atoms with E-state index in [0.717, 1.165) is 16.5 Å². The molecule has 0 radical (unpaired) electrons. The van der Waals surface area contributed by atoms with E-state index in [4.69, 9.17) is 33.0 Å². The molecular weight excluding hydrogens is 448 g/mol. The zero-order valence-electron chi connectivity index (χ0n) is 15.5. The molecule has 0 saturated carbocycles. The summed E-state index contributed by atoms with van der Waals surface area (Å²) in [5, 5.41) is 10.1. The lowest BCUT2D eigenvalue weighted by atomic mass is 10.2. The maximum absolute atomic E-state index is 13.0. The van der Waals surface area contributed by atoms with Crippen LogP contribution in [0.25, 0.3) is 6.08 Å². The predicted octanol–water partition coefficient (Wildman–Crippen LogP) is 6.50. The lowest BCUT2D eigenvalue weighted by molar-refractivity contribution is -0.131. The molecule has 0 aliphatic carbocycles. The van der Waals surface area contributed by atoms with Crippen molar-refractivity contribution in [3.63, 3.8) is 0 Å². The summed E-state index contributed by atoms with van der Waals surface area (Å²) in [7, 11) is 0. The van der Waals surface area contributed by atoms with Gasteiger partial charge in [0.15, 0.2) is 0 Å². The number of aromatic nitrogens is 1. The number of nitrogens with zero attached hydrogens (tertiary/aromatic N) is 1. The summed E-state index contributed by atoms with van der Waals surface area (Å²) >= 11 is 13.8. The van der Waals surface area contributed by atoms with Gasteiger partial charge in [-0.05, 0) is 48.0 Å². The first-order valence-electron chi connectivity index (χ1n) is 8.77. The van der Waals surface area contributed by atoms with Crippen molar-refractivity contribution in [3.05, 3.63) is 93.5 Å². The molecular formula is C22H16Cl2FNO3S. The highest BCUT2D eigenvalue weighted by Crippen LogP contribution is 2.35. The van der Waals surface area contributed by atoms with E-state index in [2.05, 4.69) is 4.98 Å². The molecule has 0 amide bonds. The quantitative estimate of drug-likeness (QED) is 0.305. The van der Waals surface area contributed by atoms with Gasteiger partial charge < -0.3 is 9.84 Å². The second kappa shape index (κ2) is 10.5. The first-order valence-corrected chi connectivity index (χ1v) is 10.5. The van der Waals surface area contributed by atoms with E-state index in [9.17, 15) is 9.18 Å². The third-order valence-electron chi connectivity index (χ3n) is 3.92. The van der Waals surface area contributed by atoms with Gasteiger partial charge in [0.1, 0.15) is 23.9 Å². The van der Waals surface area contributed by atoms with E-state index >= 15 is 0 Å². The molecule has 1 N–H and O–H groups in total. The van der Waals surface area contributed by atoms with Gasteiger partial charge in [-0.3, -0.25) is 0 Å². The number of thioether (sulfide) groups is 1. The molecule has 2 aromatic carbocycles. The van der Waals surface area contributed by atoms with Crippen LogP contribution in [0.1, 0.15) is 17.0 Å². The second-order valence-corrected chi connectivity index (χ2v) is 7.91. The summed E-state index contributed by atoms with van der Waals surface area (Å²) < 4.78 is 18.8. The minimum atomic E-state index is -1.09. The minimum absolute atomic E-state index is 0.194. The summed E-state index contributed by atoms with van der Waals surface area (Å²) in [6.45, 7) is 0.194. The summed E-state index contributed by atoms with van der Waals surface area (Å²) in [6, 6.07) is 14.7. The zero-order chi connectivity index (χ0) is 21.5. The van der Waals surface area contributed by atoms with Crippen LogP contribution < -0.4 is 4.74 Å². The van der Waals surface area contributed by atoms with E-state index in [1.807, 2.05) is 0 Å². The Morgan fingerprint density at radius 2 is 1.80 bits per heavy atom. The molecule has 4 nitrogen and oxygen atoms in total. The monoisotopic (exact) mass is 463 g/mol. The van der Waals surface area contributed by atoms with Gasteiger partial charge in [-0.1, -0.05) is 41.4 Å². The fourth-order valence-electron chi connectivity index (χ4n) is 2.48. The van der Waals surface area contributed by atoms with E-state index in [1.165, 1.54) is 30.0 Å². The molecule has 1 aromatic heterocycles. The Morgan fingerprint density at radius 3 is 2.47 bits per heavy atom. The Bertz CT molecular complexity index is 1050. The van der Waals surface area contributed by atoms with Crippen LogP contribution in [0, 0.1) is 5.82 Å². The number of aliphatic carboxylic acids is 1.